The minimum atomic E-state index is -0.144. The topological polar surface area (TPSA) is 43.4 Å². The van der Waals surface area contributed by atoms with E-state index in [1.807, 2.05) is 6.08 Å². The summed E-state index contributed by atoms with van der Waals surface area (Å²) in [5.41, 5.74) is 1.39. The van der Waals surface area contributed by atoms with Crippen molar-refractivity contribution in [1.29, 1.82) is 0 Å². The SMILES string of the molecule is CC(=O)O[C@@H]1CC[C@H]2[C@@H]3C=CC4=CC(=O)CC[C@@H]4[C@H]3CC[C@]12C. The van der Waals surface area contributed by atoms with E-state index >= 15 is 0 Å². The second kappa shape index (κ2) is 5.32. The molecular formula is C20H26O3. The Morgan fingerprint density at radius 3 is 2.87 bits per heavy atom. The lowest BCUT2D eigenvalue weighted by molar-refractivity contribution is -0.155. The van der Waals surface area contributed by atoms with Gasteiger partial charge in [0.25, 0.3) is 0 Å². The number of carbonyl (C=O) groups excluding carboxylic acids is 2. The van der Waals surface area contributed by atoms with Crippen molar-refractivity contribution in [3.05, 3.63) is 23.8 Å². The van der Waals surface area contributed by atoms with Gasteiger partial charge in [0.1, 0.15) is 6.10 Å². The molecule has 2 fully saturated rings. The fraction of sp³-hybridized carbons (Fsp3) is 0.700. The number of fused-ring (bicyclic) bond motifs is 5. The lowest BCUT2D eigenvalue weighted by Gasteiger charge is -2.51. The molecule has 23 heavy (non-hydrogen) atoms. The van der Waals surface area contributed by atoms with Crippen LogP contribution in [-0.4, -0.2) is 17.9 Å². The Morgan fingerprint density at radius 1 is 1.26 bits per heavy atom. The van der Waals surface area contributed by atoms with Crippen molar-refractivity contribution in [2.24, 2.45) is 29.1 Å². The smallest absolute Gasteiger partial charge is 0.302 e. The fourth-order valence-corrected chi connectivity index (χ4v) is 6.00. The first-order valence-corrected chi connectivity index (χ1v) is 9.09. The van der Waals surface area contributed by atoms with Gasteiger partial charge in [-0.25, -0.2) is 0 Å². The van der Waals surface area contributed by atoms with Gasteiger partial charge in [-0.15, -0.1) is 0 Å². The summed E-state index contributed by atoms with van der Waals surface area (Å²) in [6, 6.07) is 0. The molecule has 0 amide bonds. The molecule has 0 N–H and O–H groups in total. The van der Waals surface area contributed by atoms with Crippen molar-refractivity contribution in [3.8, 4) is 0 Å². The van der Waals surface area contributed by atoms with Crippen LogP contribution in [-0.2, 0) is 14.3 Å². The van der Waals surface area contributed by atoms with E-state index in [9.17, 15) is 9.59 Å². The molecule has 0 aromatic rings. The number of esters is 1. The number of ether oxygens (including phenoxy) is 1. The number of rotatable bonds is 1. The number of hydrogen-bond donors (Lipinski definition) is 0. The lowest BCUT2D eigenvalue weighted by atomic mass is 9.54. The molecule has 0 aromatic carbocycles. The summed E-state index contributed by atoms with van der Waals surface area (Å²) in [4.78, 5) is 23.1. The number of carbonyl (C=O) groups is 2. The summed E-state index contributed by atoms with van der Waals surface area (Å²) >= 11 is 0. The number of ketones is 1. The van der Waals surface area contributed by atoms with Crippen LogP contribution in [0.3, 0.4) is 0 Å². The van der Waals surface area contributed by atoms with E-state index in [-0.39, 0.29) is 23.3 Å². The van der Waals surface area contributed by atoms with Crippen molar-refractivity contribution in [3.63, 3.8) is 0 Å². The Labute approximate surface area is 138 Å². The van der Waals surface area contributed by atoms with E-state index in [1.165, 1.54) is 18.9 Å². The summed E-state index contributed by atoms with van der Waals surface area (Å²) < 4.78 is 5.67. The third kappa shape index (κ3) is 2.31. The lowest BCUT2D eigenvalue weighted by Crippen LogP contribution is -2.47. The highest BCUT2D eigenvalue weighted by atomic mass is 16.5. The first-order chi connectivity index (χ1) is 11.0. The van der Waals surface area contributed by atoms with Crippen LogP contribution in [0.15, 0.2) is 23.8 Å². The van der Waals surface area contributed by atoms with E-state index in [0.29, 0.717) is 30.1 Å². The van der Waals surface area contributed by atoms with E-state index in [0.717, 1.165) is 25.7 Å². The average Bonchev–Trinajstić information content (AvgIpc) is 2.83. The summed E-state index contributed by atoms with van der Waals surface area (Å²) in [6.45, 7) is 3.86. The quantitative estimate of drug-likeness (QED) is 0.691. The first-order valence-electron chi connectivity index (χ1n) is 9.09. The molecule has 0 saturated heterocycles. The average molecular weight is 314 g/mol. The Balaban J connectivity index is 1.62. The molecule has 0 aromatic heterocycles. The largest absolute Gasteiger partial charge is 0.462 e. The predicted octanol–water partition coefficient (Wildman–Crippen LogP) is 3.84. The molecule has 4 rings (SSSR count). The zero-order valence-corrected chi connectivity index (χ0v) is 14.1. The van der Waals surface area contributed by atoms with Crippen LogP contribution in [0.1, 0.15) is 52.4 Å². The molecule has 0 radical (unpaired) electrons. The van der Waals surface area contributed by atoms with Crippen LogP contribution < -0.4 is 0 Å². The van der Waals surface area contributed by atoms with Gasteiger partial charge in [-0.1, -0.05) is 19.1 Å². The zero-order chi connectivity index (χ0) is 16.2. The highest BCUT2D eigenvalue weighted by Crippen LogP contribution is 2.60. The van der Waals surface area contributed by atoms with Gasteiger partial charge in [0.05, 0.1) is 0 Å². The van der Waals surface area contributed by atoms with Gasteiger partial charge in [0.2, 0.25) is 0 Å². The molecule has 4 aliphatic carbocycles. The summed E-state index contributed by atoms with van der Waals surface area (Å²) in [5, 5.41) is 0. The van der Waals surface area contributed by atoms with Crippen molar-refractivity contribution < 1.29 is 14.3 Å². The minimum Gasteiger partial charge on any atom is -0.462 e. The molecule has 0 heterocycles. The van der Waals surface area contributed by atoms with Gasteiger partial charge in [0, 0.05) is 18.8 Å². The van der Waals surface area contributed by atoms with Gasteiger partial charge < -0.3 is 4.74 Å². The highest BCUT2D eigenvalue weighted by Gasteiger charge is 2.56. The number of hydrogen-bond acceptors (Lipinski definition) is 3. The van der Waals surface area contributed by atoms with E-state index in [4.69, 9.17) is 4.74 Å². The molecule has 4 aliphatic rings. The first kappa shape index (κ1) is 15.2. The van der Waals surface area contributed by atoms with Crippen molar-refractivity contribution in [1.82, 2.24) is 0 Å². The molecule has 0 aliphatic heterocycles. The Kier molecular flexibility index (Phi) is 3.51. The predicted molar refractivity (Wildman–Crippen MR) is 87.6 cm³/mol. The van der Waals surface area contributed by atoms with Gasteiger partial charge in [-0.3, -0.25) is 9.59 Å². The van der Waals surface area contributed by atoms with Crippen LogP contribution >= 0.6 is 0 Å². The number of allylic oxidation sites excluding steroid dienone is 4. The molecule has 3 heteroatoms. The maximum atomic E-state index is 11.7. The van der Waals surface area contributed by atoms with Crippen molar-refractivity contribution in [2.75, 3.05) is 0 Å². The molecular weight excluding hydrogens is 288 g/mol. The molecule has 3 nitrogen and oxygen atoms in total. The van der Waals surface area contributed by atoms with Gasteiger partial charge in [0.15, 0.2) is 5.78 Å². The second-order valence-corrected chi connectivity index (χ2v) is 8.18. The van der Waals surface area contributed by atoms with Gasteiger partial charge in [-0.2, -0.15) is 0 Å². The van der Waals surface area contributed by atoms with Crippen LogP contribution in [0.5, 0.6) is 0 Å². The Bertz CT molecular complexity index is 602. The maximum absolute atomic E-state index is 11.7. The zero-order valence-electron chi connectivity index (χ0n) is 14.1. The van der Waals surface area contributed by atoms with Crippen LogP contribution in [0.4, 0.5) is 0 Å². The van der Waals surface area contributed by atoms with Gasteiger partial charge in [-0.05, 0) is 67.4 Å². The second-order valence-electron chi connectivity index (χ2n) is 8.18. The third-order valence-corrected chi connectivity index (χ3v) is 7.09. The monoisotopic (exact) mass is 314 g/mol. The van der Waals surface area contributed by atoms with Crippen molar-refractivity contribution >= 4 is 11.8 Å². The third-order valence-electron chi connectivity index (χ3n) is 7.09. The van der Waals surface area contributed by atoms with Crippen LogP contribution in [0.25, 0.3) is 0 Å². The van der Waals surface area contributed by atoms with Crippen molar-refractivity contribution in [2.45, 2.75) is 58.5 Å². The fourth-order valence-electron chi connectivity index (χ4n) is 6.00. The summed E-state index contributed by atoms with van der Waals surface area (Å²) in [5.74, 6) is 2.59. The van der Waals surface area contributed by atoms with Crippen LogP contribution in [0, 0.1) is 29.1 Å². The summed E-state index contributed by atoms with van der Waals surface area (Å²) in [7, 11) is 0. The molecule has 6 atom stereocenters. The molecule has 0 bridgehead atoms. The normalized spacial score (nSPS) is 44.9. The molecule has 124 valence electrons. The Hall–Kier alpha value is -1.38. The van der Waals surface area contributed by atoms with Gasteiger partial charge >= 0.3 is 5.97 Å². The van der Waals surface area contributed by atoms with E-state index < -0.39 is 0 Å². The maximum Gasteiger partial charge on any atom is 0.302 e. The molecule has 2 saturated carbocycles. The highest BCUT2D eigenvalue weighted by molar-refractivity contribution is 5.91. The van der Waals surface area contributed by atoms with Crippen LogP contribution in [0.2, 0.25) is 0 Å². The standard InChI is InChI=1S/C20H26O3/c1-12(21)23-19-8-7-18-17-5-3-13-11-14(22)4-6-15(13)16(17)9-10-20(18,19)2/h3,5,11,15-19H,4,6-10H2,1-2H3/t15-,16+,17+,18-,19+,20-/m0/s1. The molecule has 0 spiro atoms. The van der Waals surface area contributed by atoms with E-state index in [1.54, 1.807) is 0 Å². The Morgan fingerprint density at radius 2 is 2.09 bits per heavy atom. The van der Waals surface area contributed by atoms with E-state index in [2.05, 4.69) is 19.1 Å². The minimum absolute atomic E-state index is 0.0872. The molecule has 0 unspecified atom stereocenters. The summed E-state index contributed by atoms with van der Waals surface area (Å²) in [6.07, 6.45) is 12.8.